The summed E-state index contributed by atoms with van der Waals surface area (Å²) >= 11 is 0. The summed E-state index contributed by atoms with van der Waals surface area (Å²) in [6, 6.07) is 9.19. The highest BCUT2D eigenvalue weighted by atomic mass is 32.2. The van der Waals surface area contributed by atoms with E-state index in [2.05, 4.69) is 6.92 Å². The van der Waals surface area contributed by atoms with Gasteiger partial charge >= 0.3 is 0 Å². The summed E-state index contributed by atoms with van der Waals surface area (Å²) in [6.07, 6.45) is 4.94. The Morgan fingerprint density at radius 3 is 2.47 bits per heavy atom. The van der Waals surface area contributed by atoms with Crippen molar-refractivity contribution >= 4 is 16.6 Å². The van der Waals surface area contributed by atoms with Crippen LogP contribution in [0.3, 0.4) is 0 Å². The Kier molecular flexibility index (Phi) is 6.78. The number of carbonyl (C=O) groups excluding carboxylic acids is 1. The number of unbranched alkanes of at least 4 members (excludes halogenated alkanes) is 3. The highest BCUT2D eigenvalue weighted by Crippen LogP contribution is 2.08. The number of benzene rings is 1. The largest absolute Gasteiger partial charge is 0.299 e. The van der Waals surface area contributed by atoms with E-state index in [1.54, 1.807) is 12.1 Å². The first-order valence-electron chi connectivity index (χ1n) is 6.19. The van der Waals surface area contributed by atoms with Crippen molar-refractivity contribution in [2.75, 3.05) is 5.75 Å². The van der Waals surface area contributed by atoms with Gasteiger partial charge in [-0.2, -0.15) is 0 Å². The predicted molar refractivity (Wildman–Crippen MR) is 71.5 cm³/mol. The van der Waals surface area contributed by atoms with E-state index in [0.29, 0.717) is 6.42 Å². The summed E-state index contributed by atoms with van der Waals surface area (Å²) in [5.41, 5.74) is 0. The highest BCUT2D eigenvalue weighted by molar-refractivity contribution is 7.85. The molecule has 0 aliphatic carbocycles. The number of hydrogen-bond donors (Lipinski definition) is 0. The van der Waals surface area contributed by atoms with Crippen LogP contribution >= 0.6 is 0 Å². The summed E-state index contributed by atoms with van der Waals surface area (Å²) < 4.78 is 11.8. The van der Waals surface area contributed by atoms with Gasteiger partial charge in [-0.1, -0.05) is 44.4 Å². The van der Waals surface area contributed by atoms with E-state index in [0.717, 1.165) is 17.7 Å². The maximum absolute atomic E-state index is 11.8. The molecule has 94 valence electrons. The number of ketones is 1. The van der Waals surface area contributed by atoms with Gasteiger partial charge in [0.2, 0.25) is 0 Å². The summed E-state index contributed by atoms with van der Waals surface area (Å²) in [7, 11) is -1.17. The second-order valence-electron chi connectivity index (χ2n) is 4.15. The summed E-state index contributed by atoms with van der Waals surface area (Å²) in [4.78, 5) is 12.3. The topological polar surface area (TPSA) is 34.1 Å². The van der Waals surface area contributed by atoms with Gasteiger partial charge in [-0.3, -0.25) is 9.00 Å². The van der Waals surface area contributed by atoms with Crippen molar-refractivity contribution in [3.63, 3.8) is 0 Å². The van der Waals surface area contributed by atoms with Crippen molar-refractivity contribution in [3.05, 3.63) is 30.3 Å². The van der Waals surface area contributed by atoms with Gasteiger partial charge in [0.15, 0.2) is 0 Å². The lowest BCUT2D eigenvalue weighted by molar-refractivity contribution is -0.116. The molecule has 0 heterocycles. The van der Waals surface area contributed by atoms with E-state index in [-0.39, 0.29) is 11.5 Å². The first-order valence-corrected chi connectivity index (χ1v) is 7.51. The van der Waals surface area contributed by atoms with Crippen molar-refractivity contribution in [1.82, 2.24) is 0 Å². The van der Waals surface area contributed by atoms with Crippen LogP contribution < -0.4 is 0 Å². The first kappa shape index (κ1) is 14.1. The smallest absolute Gasteiger partial charge is 0.145 e. The van der Waals surface area contributed by atoms with Crippen molar-refractivity contribution in [1.29, 1.82) is 0 Å². The summed E-state index contributed by atoms with van der Waals surface area (Å²) in [5, 5.41) is 0. The fourth-order valence-corrected chi connectivity index (χ4v) is 2.69. The van der Waals surface area contributed by atoms with Gasteiger partial charge < -0.3 is 0 Å². The van der Waals surface area contributed by atoms with Gasteiger partial charge in [-0.15, -0.1) is 0 Å². The quantitative estimate of drug-likeness (QED) is 0.665. The summed E-state index contributed by atoms with van der Waals surface area (Å²) in [5.74, 6) is 0.277. The fraction of sp³-hybridized carbons (Fsp3) is 0.500. The lowest BCUT2D eigenvalue weighted by Crippen LogP contribution is -2.10. The molecule has 3 heteroatoms. The molecule has 0 fully saturated rings. The van der Waals surface area contributed by atoms with Crippen LogP contribution in [0.15, 0.2) is 35.2 Å². The van der Waals surface area contributed by atoms with Crippen molar-refractivity contribution in [3.8, 4) is 0 Å². The number of hydrogen-bond acceptors (Lipinski definition) is 2. The van der Waals surface area contributed by atoms with Gasteiger partial charge in [0, 0.05) is 11.3 Å². The average molecular weight is 252 g/mol. The standard InChI is InChI=1S/C14H20O2S/c1-2-3-4-6-9-13(15)12-17(16)14-10-7-5-8-11-14/h5,7-8,10-11H,2-4,6,9,12H2,1H3. The molecule has 1 rings (SSSR count). The maximum atomic E-state index is 11.8. The van der Waals surface area contributed by atoms with E-state index in [4.69, 9.17) is 0 Å². The van der Waals surface area contributed by atoms with Crippen LogP contribution in [0.5, 0.6) is 0 Å². The molecule has 0 saturated heterocycles. The Morgan fingerprint density at radius 2 is 1.82 bits per heavy atom. The first-order chi connectivity index (χ1) is 8.24. The zero-order valence-corrected chi connectivity index (χ0v) is 11.2. The third-order valence-corrected chi connectivity index (χ3v) is 3.99. The fourth-order valence-electron chi connectivity index (χ4n) is 1.62. The molecular formula is C14H20O2S. The van der Waals surface area contributed by atoms with E-state index in [1.807, 2.05) is 18.2 Å². The highest BCUT2D eigenvalue weighted by Gasteiger charge is 2.09. The van der Waals surface area contributed by atoms with Crippen LogP contribution in [0.1, 0.15) is 39.0 Å². The lowest BCUT2D eigenvalue weighted by Gasteiger charge is -2.02. The predicted octanol–water partition coefficient (Wildman–Crippen LogP) is 3.33. The molecule has 1 unspecified atom stereocenters. The summed E-state index contributed by atoms with van der Waals surface area (Å²) in [6.45, 7) is 2.15. The van der Waals surface area contributed by atoms with Crippen molar-refractivity contribution in [2.45, 2.75) is 43.9 Å². The minimum Gasteiger partial charge on any atom is -0.299 e. The molecule has 0 saturated carbocycles. The molecule has 1 atom stereocenters. The second kappa shape index (κ2) is 8.18. The van der Waals surface area contributed by atoms with Crippen LogP contribution in [0.25, 0.3) is 0 Å². The number of rotatable bonds is 8. The van der Waals surface area contributed by atoms with Crippen LogP contribution in [0, 0.1) is 0 Å². The van der Waals surface area contributed by atoms with Gasteiger partial charge in [0.1, 0.15) is 5.78 Å². The van der Waals surface area contributed by atoms with E-state index >= 15 is 0 Å². The Bertz CT molecular complexity index is 360. The van der Waals surface area contributed by atoms with E-state index < -0.39 is 10.8 Å². The minimum atomic E-state index is -1.17. The zero-order chi connectivity index (χ0) is 12.5. The van der Waals surface area contributed by atoms with E-state index in [1.165, 1.54) is 12.8 Å². The molecule has 2 nitrogen and oxygen atoms in total. The van der Waals surface area contributed by atoms with Crippen LogP contribution in [0.2, 0.25) is 0 Å². The molecule has 0 aromatic heterocycles. The molecule has 17 heavy (non-hydrogen) atoms. The normalized spacial score (nSPS) is 12.3. The number of carbonyl (C=O) groups is 1. The van der Waals surface area contributed by atoms with Crippen molar-refractivity contribution in [2.24, 2.45) is 0 Å². The van der Waals surface area contributed by atoms with Gasteiger partial charge in [-0.05, 0) is 18.6 Å². The van der Waals surface area contributed by atoms with E-state index in [9.17, 15) is 9.00 Å². The van der Waals surface area contributed by atoms with Crippen LogP contribution in [-0.4, -0.2) is 15.7 Å². The molecular weight excluding hydrogens is 232 g/mol. The molecule has 1 aromatic rings. The maximum Gasteiger partial charge on any atom is 0.145 e. The Balaban J connectivity index is 2.29. The molecule has 0 N–H and O–H groups in total. The molecule has 1 aromatic carbocycles. The van der Waals surface area contributed by atoms with Gasteiger partial charge in [0.05, 0.1) is 16.6 Å². The monoisotopic (exact) mass is 252 g/mol. The second-order valence-corrected chi connectivity index (χ2v) is 5.60. The van der Waals surface area contributed by atoms with Gasteiger partial charge in [0.25, 0.3) is 0 Å². The molecule has 0 aliphatic rings. The van der Waals surface area contributed by atoms with Crippen LogP contribution in [0.4, 0.5) is 0 Å². The molecule has 0 amide bonds. The average Bonchev–Trinajstić information content (AvgIpc) is 2.36. The number of Topliss-reactive ketones (excluding diaryl/α,β-unsaturated/α-hetero) is 1. The Labute approximate surface area is 106 Å². The Morgan fingerprint density at radius 1 is 1.12 bits per heavy atom. The third kappa shape index (κ3) is 5.78. The van der Waals surface area contributed by atoms with Crippen LogP contribution in [-0.2, 0) is 15.6 Å². The van der Waals surface area contributed by atoms with Crippen molar-refractivity contribution < 1.29 is 9.00 Å². The minimum absolute atomic E-state index is 0.114. The molecule has 0 radical (unpaired) electrons. The lowest BCUT2D eigenvalue weighted by atomic mass is 10.1. The Hall–Kier alpha value is -0.960. The van der Waals surface area contributed by atoms with Gasteiger partial charge in [-0.25, -0.2) is 0 Å². The molecule has 0 spiro atoms. The third-order valence-electron chi connectivity index (χ3n) is 2.61. The molecule has 0 aliphatic heterocycles. The SMILES string of the molecule is CCCCCCC(=O)CS(=O)c1ccccc1. The zero-order valence-electron chi connectivity index (χ0n) is 10.4. The molecule has 0 bridgehead atoms.